The van der Waals surface area contributed by atoms with E-state index in [-0.39, 0.29) is 6.61 Å². The highest BCUT2D eigenvalue weighted by Crippen LogP contribution is 2.22. The molecule has 0 aliphatic carbocycles. The molecule has 0 spiro atoms. The van der Waals surface area contributed by atoms with Gasteiger partial charge in [0, 0.05) is 4.47 Å². The number of ether oxygens (including phenoxy) is 2. The van der Waals surface area contributed by atoms with E-state index in [1.165, 1.54) is 7.11 Å². The zero-order valence-electron chi connectivity index (χ0n) is 14.2. The molecule has 6 nitrogen and oxygen atoms in total. The summed E-state index contributed by atoms with van der Waals surface area (Å²) < 4.78 is 11.3. The van der Waals surface area contributed by atoms with Gasteiger partial charge in [-0.2, -0.15) is 0 Å². The number of carbonyl (C=O) groups excluding carboxylic acids is 2. The lowest BCUT2D eigenvalue weighted by Gasteiger charge is -2.12. The predicted molar refractivity (Wildman–Crippen MR) is 97.7 cm³/mol. The fourth-order valence-corrected chi connectivity index (χ4v) is 2.47. The number of hydrogen-bond donors (Lipinski definition) is 2. The van der Waals surface area contributed by atoms with Gasteiger partial charge < -0.3 is 9.47 Å². The van der Waals surface area contributed by atoms with Crippen LogP contribution in [0.3, 0.4) is 0 Å². The standard InChI is InChI=1S/C18H19BrN2O4/c1-11-5-4-6-15(12(11)2)25-10-17(22)20-21-18(23)14-9-13(19)7-8-16(14)24-3/h4-9H,10H2,1-3H3,(H,20,22)(H,21,23). The Morgan fingerprint density at radius 3 is 2.56 bits per heavy atom. The third-order valence-corrected chi connectivity index (χ3v) is 4.13. The van der Waals surface area contributed by atoms with Crippen molar-refractivity contribution in [2.75, 3.05) is 13.7 Å². The van der Waals surface area contributed by atoms with Crippen molar-refractivity contribution in [1.82, 2.24) is 10.9 Å². The normalized spacial score (nSPS) is 10.1. The van der Waals surface area contributed by atoms with E-state index in [2.05, 4.69) is 26.8 Å². The molecule has 2 aromatic carbocycles. The Bertz CT molecular complexity index is 793. The first-order valence-corrected chi connectivity index (χ1v) is 8.33. The third kappa shape index (κ3) is 4.96. The molecule has 0 atom stereocenters. The fourth-order valence-electron chi connectivity index (χ4n) is 2.11. The lowest BCUT2D eigenvalue weighted by Crippen LogP contribution is -2.44. The molecule has 0 bridgehead atoms. The van der Waals surface area contributed by atoms with Crippen LogP contribution in [-0.4, -0.2) is 25.5 Å². The third-order valence-electron chi connectivity index (χ3n) is 3.64. The highest BCUT2D eigenvalue weighted by atomic mass is 79.9. The van der Waals surface area contributed by atoms with E-state index in [0.29, 0.717) is 17.1 Å². The van der Waals surface area contributed by atoms with E-state index in [0.717, 1.165) is 15.6 Å². The van der Waals surface area contributed by atoms with Crippen molar-refractivity contribution in [2.24, 2.45) is 0 Å². The summed E-state index contributed by atoms with van der Waals surface area (Å²) >= 11 is 3.29. The Morgan fingerprint density at radius 2 is 1.84 bits per heavy atom. The zero-order valence-corrected chi connectivity index (χ0v) is 15.8. The summed E-state index contributed by atoms with van der Waals surface area (Å²) in [6.45, 7) is 3.68. The molecule has 0 saturated heterocycles. The van der Waals surface area contributed by atoms with Crippen molar-refractivity contribution in [2.45, 2.75) is 13.8 Å². The maximum absolute atomic E-state index is 12.2. The largest absolute Gasteiger partial charge is 0.496 e. The topological polar surface area (TPSA) is 76.7 Å². The molecule has 132 valence electrons. The predicted octanol–water partition coefficient (Wildman–Crippen LogP) is 2.91. The lowest BCUT2D eigenvalue weighted by molar-refractivity contribution is -0.123. The Kier molecular flexibility index (Phi) is 6.41. The molecule has 25 heavy (non-hydrogen) atoms. The number of benzene rings is 2. The summed E-state index contributed by atoms with van der Waals surface area (Å²) in [4.78, 5) is 24.1. The molecule has 0 unspecified atom stereocenters. The van der Waals surface area contributed by atoms with Crippen molar-refractivity contribution in [3.8, 4) is 11.5 Å². The summed E-state index contributed by atoms with van der Waals surface area (Å²) in [6.07, 6.45) is 0. The van der Waals surface area contributed by atoms with Crippen molar-refractivity contribution >= 4 is 27.7 Å². The van der Waals surface area contributed by atoms with Crippen LogP contribution in [0.4, 0.5) is 0 Å². The van der Waals surface area contributed by atoms with E-state index < -0.39 is 11.8 Å². The highest BCUT2D eigenvalue weighted by Gasteiger charge is 2.14. The molecule has 0 aliphatic rings. The maximum Gasteiger partial charge on any atom is 0.276 e. The maximum atomic E-state index is 12.2. The van der Waals surface area contributed by atoms with E-state index in [1.54, 1.807) is 24.3 Å². The van der Waals surface area contributed by atoms with Crippen LogP contribution in [0, 0.1) is 13.8 Å². The minimum atomic E-state index is -0.488. The van der Waals surface area contributed by atoms with Crippen LogP contribution in [0.25, 0.3) is 0 Å². The molecular weight excluding hydrogens is 388 g/mol. The van der Waals surface area contributed by atoms with Crippen molar-refractivity contribution in [3.05, 3.63) is 57.6 Å². The smallest absolute Gasteiger partial charge is 0.276 e. The molecular formula is C18H19BrN2O4. The number of methoxy groups -OCH3 is 1. The van der Waals surface area contributed by atoms with Crippen LogP contribution in [0.5, 0.6) is 11.5 Å². The number of amides is 2. The van der Waals surface area contributed by atoms with Crippen LogP contribution in [0.2, 0.25) is 0 Å². The second-order valence-corrected chi connectivity index (χ2v) is 6.25. The molecule has 0 fully saturated rings. The van der Waals surface area contributed by atoms with E-state index in [9.17, 15) is 9.59 Å². The number of nitrogens with one attached hydrogen (secondary N) is 2. The van der Waals surface area contributed by atoms with E-state index >= 15 is 0 Å². The van der Waals surface area contributed by atoms with Gasteiger partial charge in [-0.25, -0.2) is 0 Å². The van der Waals surface area contributed by atoms with Gasteiger partial charge in [-0.1, -0.05) is 28.1 Å². The summed E-state index contributed by atoms with van der Waals surface area (Å²) in [5.74, 6) is 0.0816. The van der Waals surface area contributed by atoms with Crippen LogP contribution >= 0.6 is 15.9 Å². The summed E-state index contributed by atoms with van der Waals surface area (Å²) in [7, 11) is 1.47. The average molecular weight is 407 g/mol. The Balaban J connectivity index is 1.91. The summed E-state index contributed by atoms with van der Waals surface area (Å²) in [6, 6.07) is 10.6. The molecule has 0 aliphatic heterocycles. The van der Waals surface area contributed by atoms with Crippen molar-refractivity contribution < 1.29 is 19.1 Å². The number of halogens is 1. The van der Waals surface area contributed by atoms with Crippen LogP contribution in [-0.2, 0) is 4.79 Å². The van der Waals surface area contributed by atoms with Gasteiger partial charge in [-0.05, 0) is 49.2 Å². The molecule has 2 N–H and O–H groups in total. The van der Waals surface area contributed by atoms with Gasteiger partial charge in [0.05, 0.1) is 12.7 Å². The first-order chi connectivity index (χ1) is 11.9. The van der Waals surface area contributed by atoms with Crippen LogP contribution < -0.4 is 20.3 Å². The fraction of sp³-hybridized carbons (Fsp3) is 0.222. The summed E-state index contributed by atoms with van der Waals surface area (Å²) in [5, 5.41) is 0. The Labute approximate surface area is 154 Å². The molecule has 2 amide bonds. The van der Waals surface area contributed by atoms with Gasteiger partial charge in [0.25, 0.3) is 11.8 Å². The number of hydrazine groups is 1. The summed E-state index contributed by atoms with van der Waals surface area (Å²) in [5.41, 5.74) is 7.01. The number of rotatable bonds is 5. The first kappa shape index (κ1) is 18.8. The highest BCUT2D eigenvalue weighted by molar-refractivity contribution is 9.10. The van der Waals surface area contributed by atoms with Gasteiger partial charge in [0.15, 0.2) is 6.61 Å². The molecule has 7 heteroatoms. The SMILES string of the molecule is COc1ccc(Br)cc1C(=O)NNC(=O)COc1cccc(C)c1C. The Morgan fingerprint density at radius 1 is 1.08 bits per heavy atom. The first-order valence-electron chi connectivity index (χ1n) is 7.54. The molecule has 2 aromatic rings. The molecule has 0 saturated carbocycles. The van der Waals surface area contributed by atoms with Crippen molar-refractivity contribution in [3.63, 3.8) is 0 Å². The second kappa shape index (κ2) is 8.53. The quantitative estimate of drug-likeness (QED) is 0.748. The van der Waals surface area contributed by atoms with E-state index in [1.807, 2.05) is 26.0 Å². The lowest BCUT2D eigenvalue weighted by atomic mass is 10.1. The van der Waals surface area contributed by atoms with Gasteiger partial charge in [-0.3, -0.25) is 20.4 Å². The van der Waals surface area contributed by atoms with Gasteiger partial charge in [-0.15, -0.1) is 0 Å². The molecule has 0 heterocycles. The number of hydrogen-bond acceptors (Lipinski definition) is 4. The minimum Gasteiger partial charge on any atom is -0.496 e. The zero-order chi connectivity index (χ0) is 18.4. The Hall–Kier alpha value is -2.54. The number of aryl methyl sites for hydroxylation is 1. The van der Waals surface area contributed by atoms with Gasteiger partial charge in [0.1, 0.15) is 11.5 Å². The van der Waals surface area contributed by atoms with Gasteiger partial charge in [0.2, 0.25) is 0 Å². The van der Waals surface area contributed by atoms with Crippen LogP contribution in [0.15, 0.2) is 40.9 Å². The molecule has 0 aromatic heterocycles. The van der Waals surface area contributed by atoms with Gasteiger partial charge >= 0.3 is 0 Å². The second-order valence-electron chi connectivity index (χ2n) is 5.33. The molecule has 0 radical (unpaired) electrons. The van der Waals surface area contributed by atoms with Crippen LogP contribution in [0.1, 0.15) is 21.5 Å². The van der Waals surface area contributed by atoms with Crippen molar-refractivity contribution in [1.29, 1.82) is 0 Å². The average Bonchev–Trinajstić information content (AvgIpc) is 2.60. The minimum absolute atomic E-state index is 0.208. The van der Waals surface area contributed by atoms with E-state index in [4.69, 9.17) is 9.47 Å². The molecule has 2 rings (SSSR count). The number of carbonyl (C=O) groups is 2. The monoisotopic (exact) mass is 406 g/mol.